The number of aromatic nitrogens is 2. The van der Waals surface area contributed by atoms with Gasteiger partial charge >= 0.3 is 6.18 Å². The summed E-state index contributed by atoms with van der Waals surface area (Å²) in [5, 5.41) is 3.60. The molecule has 2 heterocycles. The van der Waals surface area contributed by atoms with Crippen LogP contribution in [0.2, 0.25) is 0 Å². The molecule has 0 aromatic carbocycles. The van der Waals surface area contributed by atoms with Crippen LogP contribution in [0.1, 0.15) is 31.6 Å². The summed E-state index contributed by atoms with van der Waals surface area (Å²) in [6.45, 7) is 2.61. The Morgan fingerprint density at radius 3 is 2.56 bits per heavy atom. The van der Waals surface area contributed by atoms with Crippen LogP contribution in [0.3, 0.4) is 0 Å². The van der Waals surface area contributed by atoms with Crippen LogP contribution in [0, 0.1) is 0 Å². The fraction of sp³-hybridized carbons (Fsp3) is 0.700. The van der Waals surface area contributed by atoms with E-state index in [1.165, 1.54) is 0 Å². The summed E-state index contributed by atoms with van der Waals surface area (Å²) in [7, 11) is 0. The summed E-state index contributed by atoms with van der Waals surface area (Å²) in [5.74, 6) is -3.38. The molecule has 0 radical (unpaired) electrons. The van der Waals surface area contributed by atoms with Gasteiger partial charge in [0.2, 0.25) is 11.7 Å². The van der Waals surface area contributed by atoms with Crippen LogP contribution < -0.4 is 4.90 Å². The lowest BCUT2D eigenvalue weighted by atomic mass is 10.1. The summed E-state index contributed by atoms with van der Waals surface area (Å²) < 4.78 is 41.5. The molecule has 0 saturated carbocycles. The Balaban J connectivity index is 2.12. The number of alkyl halides is 3. The summed E-state index contributed by atoms with van der Waals surface area (Å²) >= 11 is 0. The zero-order valence-electron chi connectivity index (χ0n) is 9.70. The number of hydrogen-bond acceptors (Lipinski definition) is 5. The quantitative estimate of drug-likeness (QED) is 0.833. The number of rotatable bonds is 3. The molecule has 1 aliphatic rings. The van der Waals surface area contributed by atoms with Crippen molar-refractivity contribution in [2.24, 2.45) is 0 Å². The van der Waals surface area contributed by atoms with E-state index in [0.29, 0.717) is 0 Å². The van der Waals surface area contributed by atoms with E-state index in [1.54, 1.807) is 0 Å². The fourth-order valence-corrected chi connectivity index (χ4v) is 1.81. The van der Waals surface area contributed by atoms with Crippen LogP contribution in [0.4, 0.5) is 19.1 Å². The van der Waals surface area contributed by atoms with Gasteiger partial charge in [0.25, 0.3) is 5.95 Å². The second kappa shape index (κ2) is 4.58. The normalized spacial score (nSPS) is 18.1. The van der Waals surface area contributed by atoms with Gasteiger partial charge in [0.05, 0.1) is 0 Å². The van der Waals surface area contributed by atoms with Crippen molar-refractivity contribution in [3.05, 3.63) is 5.89 Å². The third kappa shape index (κ3) is 2.46. The molecule has 1 saturated heterocycles. The molecule has 0 N–H and O–H groups in total. The van der Waals surface area contributed by atoms with Gasteiger partial charge in [-0.15, -0.1) is 0 Å². The molecule has 100 valence electrons. The van der Waals surface area contributed by atoms with Crippen molar-refractivity contribution >= 4 is 11.7 Å². The molecule has 18 heavy (non-hydrogen) atoms. The van der Waals surface area contributed by atoms with Gasteiger partial charge < -0.3 is 9.42 Å². The smallest absolute Gasteiger partial charge is 0.338 e. The van der Waals surface area contributed by atoms with Gasteiger partial charge in [-0.25, -0.2) is 0 Å². The summed E-state index contributed by atoms with van der Waals surface area (Å²) in [4.78, 5) is 16.7. The lowest BCUT2D eigenvalue weighted by molar-refractivity contribution is -0.172. The van der Waals surface area contributed by atoms with Crippen LogP contribution >= 0.6 is 0 Å². The molecule has 0 aliphatic carbocycles. The Hall–Kier alpha value is -1.60. The van der Waals surface area contributed by atoms with Gasteiger partial charge in [-0.2, -0.15) is 18.2 Å². The van der Waals surface area contributed by atoms with Crippen molar-refractivity contribution in [3.63, 3.8) is 0 Å². The number of halogens is 3. The average molecular weight is 263 g/mol. The standard InChI is InChI=1S/C10H12F3N3O2/c1-6(7(17)10(11,12)13)8-14-9(15-18-8)16-4-2-3-5-16/h6H,2-5H2,1H3. The first-order chi connectivity index (χ1) is 8.39. The summed E-state index contributed by atoms with van der Waals surface area (Å²) in [5.41, 5.74) is 0. The van der Waals surface area contributed by atoms with Crippen LogP contribution in [-0.4, -0.2) is 35.2 Å². The Morgan fingerprint density at radius 2 is 2.00 bits per heavy atom. The lowest BCUT2D eigenvalue weighted by Gasteiger charge is -2.10. The maximum absolute atomic E-state index is 12.2. The number of ketones is 1. The van der Waals surface area contributed by atoms with E-state index in [2.05, 4.69) is 10.1 Å². The minimum Gasteiger partial charge on any atom is -0.338 e. The molecule has 1 aromatic heterocycles. The molecular weight excluding hydrogens is 251 g/mol. The fourth-order valence-electron chi connectivity index (χ4n) is 1.81. The maximum Gasteiger partial charge on any atom is 0.450 e. The number of nitrogens with zero attached hydrogens (tertiary/aromatic N) is 3. The van der Waals surface area contributed by atoms with Gasteiger partial charge in [0.15, 0.2) is 0 Å². The zero-order chi connectivity index (χ0) is 13.3. The second-order valence-electron chi connectivity index (χ2n) is 4.21. The number of carbonyl (C=O) groups is 1. The molecule has 1 unspecified atom stereocenters. The molecule has 1 atom stereocenters. The van der Waals surface area contributed by atoms with E-state index in [4.69, 9.17) is 4.52 Å². The highest BCUT2D eigenvalue weighted by Gasteiger charge is 2.44. The topological polar surface area (TPSA) is 59.2 Å². The van der Waals surface area contributed by atoms with Crippen molar-refractivity contribution in [3.8, 4) is 0 Å². The first-order valence-corrected chi connectivity index (χ1v) is 5.59. The van der Waals surface area contributed by atoms with Crippen molar-refractivity contribution in [1.82, 2.24) is 10.1 Å². The first-order valence-electron chi connectivity index (χ1n) is 5.59. The Kier molecular flexibility index (Phi) is 3.27. The average Bonchev–Trinajstić information content (AvgIpc) is 2.95. The number of anilines is 1. The Morgan fingerprint density at radius 1 is 1.39 bits per heavy atom. The maximum atomic E-state index is 12.2. The molecule has 2 rings (SSSR count). The van der Waals surface area contributed by atoms with Crippen LogP contribution in [0.25, 0.3) is 0 Å². The molecule has 1 aromatic rings. The predicted molar refractivity (Wildman–Crippen MR) is 55.2 cm³/mol. The van der Waals surface area contributed by atoms with E-state index < -0.39 is 17.9 Å². The van der Waals surface area contributed by atoms with E-state index in [9.17, 15) is 18.0 Å². The molecule has 1 fully saturated rings. The molecular formula is C10H12F3N3O2. The number of carbonyl (C=O) groups excluding carboxylic acids is 1. The predicted octanol–water partition coefficient (Wildman–Crippen LogP) is 1.90. The van der Waals surface area contributed by atoms with E-state index in [0.717, 1.165) is 32.9 Å². The third-order valence-electron chi connectivity index (χ3n) is 2.86. The lowest BCUT2D eigenvalue weighted by Crippen LogP contribution is -2.28. The second-order valence-corrected chi connectivity index (χ2v) is 4.21. The van der Waals surface area contributed by atoms with Crippen LogP contribution in [0.5, 0.6) is 0 Å². The highest BCUT2D eigenvalue weighted by Crippen LogP contribution is 2.27. The van der Waals surface area contributed by atoms with Crippen molar-refractivity contribution in [1.29, 1.82) is 0 Å². The molecule has 0 spiro atoms. The summed E-state index contributed by atoms with van der Waals surface area (Å²) in [6, 6.07) is 0. The number of Topliss-reactive ketones (excluding diaryl/α,β-unsaturated/α-hetero) is 1. The number of hydrogen-bond donors (Lipinski definition) is 0. The third-order valence-corrected chi connectivity index (χ3v) is 2.86. The van der Waals surface area contributed by atoms with Crippen molar-refractivity contribution in [2.75, 3.05) is 18.0 Å². The van der Waals surface area contributed by atoms with E-state index in [-0.39, 0.29) is 11.8 Å². The van der Waals surface area contributed by atoms with Gasteiger partial charge in [-0.05, 0) is 24.9 Å². The first kappa shape index (κ1) is 12.8. The van der Waals surface area contributed by atoms with E-state index >= 15 is 0 Å². The molecule has 8 heteroatoms. The van der Waals surface area contributed by atoms with Crippen molar-refractivity contribution < 1.29 is 22.5 Å². The van der Waals surface area contributed by atoms with E-state index in [1.807, 2.05) is 4.90 Å². The van der Waals surface area contributed by atoms with Crippen LogP contribution in [0.15, 0.2) is 4.52 Å². The minimum absolute atomic E-state index is 0.254. The van der Waals surface area contributed by atoms with Crippen LogP contribution in [-0.2, 0) is 4.79 Å². The van der Waals surface area contributed by atoms with Crippen molar-refractivity contribution in [2.45, 2.75) is 31.9 Å². The van der Waals surface area contributed by atoms with Gasteiger partial charge in [0.1, 0.15) is 5.92 Å². The molecule has 0 amide bonds. The largest absolute Gasteiger partial charge is 0.450 e. The molecule has 0 bridgehead atoms. The highest BCUT2D eigenvalue weighted by atomic mass is 19.4. The summed E-state index contributed by atoms with van der Waals surface area (Å²) in [6.07, 6.45) is -2.91. The van der Waals surface area contributed by atoms with Gasteiger partial charge in [0, 0.05) is 13.1 Å². The van der Waals surface area contributed by atoms with Gasteiger partial charge in [-0.3, -0.25) is 4.79 Å². The molecule has 5 nitrogen and oxygen atoms in total. The minimum atomic E-state index is -4.89. The zero-order valence-corrected chi connectivity index (χ0v) is 9.70. The molecule has 1 aliphatic heterocycles. The Labute approximate surface area is 101 Å². The SMILES string of the molecule is CC(C(=O)C(F)(F)F)c1nc(N2CCCC2)no1. The van der Waals surface area contributed by atoms with Gasteiger partial charge in [-0.1, -0.05) is 0 Å². The Bertz CT molecular complexity index is 438. The monoisotopic (exact) mass is 263 g/mol. The highest BCUT2D eigenvalue weighted by molar-refractivity contribution is 5.89.